The van der Waals surface area contributed by atoms with E-state index in [-0.39, 0.29) is 22.1 Å². The first-order valence-corrected chi connectivity index (χ1v) is 10.2. The van der Waals surface area contributed by atoms with E-state index in [1.165, 1.54) is 41.6 Å². The van der Waals surface area contributed by atoms with E-state index in [1.54, 1.807) is 18.2 Å². The Kier molecular flexibility index (Phi) is 7.37. The van der Waals surface area contributed by atoms with Gasteiger partial charge in [0.15, 0.2) is 28.4 Å². The summed E-state index contributed by atoms with van der Waals surface area (Å²) in [5, 5.41) is 0.250. The van der Waals surface area contributed by atoms with E-state index in [1.807, 2.05) is 19.9 Å². The van der Waals surface area contributed by atoms with Crippen molar-refractivity contribution in [1.29, 1.82) is 0 Å². The van der Waals surface area contributed by atoms with Crippen LogP contribution in [0.15, 0.2) is 45.1 Å². The van der Waals surface area contributed by atoms with Crippen LogP contribution in [0.4, 0.5) is 0 Å². The molecule has 1 aromatic heterocycles. The first kappa shape index (κ1) is 23.8. The Balaban J connectivity index is 2.20. The molecule has 3 rings (SSSR count). The molecule has 3 aromatic rings. The zero-order chi connectivity index (χ0) is 24.1. The Morgan fingerprint density at radius 2 is 1.36 bits per heavy atom. The number of methoxy groups -OCH3 is 5. The molecule has 0 unspecified atom stereocenters. The van der Waals surface area contributed by atoms with E-state index in [4.69, 9.17) is 32.8 Å². The lowest BCUT2D eigenvalue weighted by Gasteiger charge is -2.16. The van der Waals surface area contributed by atoms with Gasteiger partial charge in [-0.25, -0.2) is 0 Å². The zero-order valence-corrected chi connectivity index (χ0v) is 19.9. The normalized spacial score (nSPS) is 10.5. The Morgan fingerprint density at radius 1 is 0.788 bits per heavy atom. The summed E-state index contributed by atoms with van der Waals surface area (Å²) >= 11 is 0. The first-order chi connectivity index (χ1) is 15.9. The number of hydrogen-bond acceptors (Lipinski definition) is 8. The fraction of sp³-hybridized carbons (Fsp3) is 0.320. The van der Waals surface area contributed by atoms with Crippen molar-refractivity contribution in [1.82, 2.24) is 0 Å². The predicted molar refractivity (Wildman–Crippen MR) is 126 cm³/mol. The lowest BCUT2D eigenvalue weighted by atomic mass is 10.1. The van der Waals surface area contributed by atoms with Gasteiger partial charge in [0.1, 0.15) is 23.3 Å². The van der Waals surface area contributed by atoms with Gasteiger partial charge in [-0.1, -0.05) is 5.57 Å². The van der Waals surface area contributed by atoms with E-state index in [2.05, 4.69) is 0 Å². The van der Waals surface area contributed by atoms with E-state index in [9.17, 15) is 4.79 Å². The van der Waals surface area contributed by atoms with Gasteiger partial charge in [0.05, 0.1) is 35.5 Å². The summed E-state index contributed by atoms with van der Waals surface area (Å²) in [5.74, 6) is 2.59. The average Bonchev–Trinajstić information content (AvgIpc) is 2.81. The highest BCUT2D eigenvalue weighted by Crippen LogP contribution is 2.44. The molecule has 176 valence electrons. The van der Waals surface area contributed by atoms with E-state index in [0.29, 0.717) is 46.7 Å². The van der Waals surface area contributed by atoms with Crippen LogP contribution in [0, 0.1) is 0 Å². The van der Waals surface area contributed by atoms with Gasteiger partial charge in [-0.2, -0.15) is 0 Å². The molecule has 0 radical (unpaired) electrons. The standard InChI is InChI=1S/C25H28O8/c1-14(2)8-9-32-23-19(27-3)10-15(11-20(23)28-4)17-12-16(26)22-18(33-17)13-21(29-5)24(30-6)25(22)31-7/h8,10-13H,9H2,1-7H3. The smallest absolute Gasteiger partial charge is 0.204 e. The summed E-state index contributed by atoms with van der Waals surface area (Å²) in [4.78, 5) is 13.1. The maximum absolute atomic E-state index is 13.1. The molecule has 0 saturated heterocycles. The monoisotopic (exact) mass is 456 g/mol. The van der Waals surface area contributed by atoms with Crippen molar-refractivity contribution in [2.24, 2.45) is 0 Å². The summed E-state index contributed by atoms with van der Waals surface area (Å²) in [5.41, 5.74) is 1.69. The molecule has 0 aliphatic carbocycles. The van der Waals surface area contributed by atoms with Gasteiger partial charge < -0.3 is 32.8 Å². The molecule has 8 heteroatoms. The Hall–Kier alpha value is -3.81. The molecular formula is C25H28O8. The maximum atomic E-state index is 13.1. The molecule has 0 spiro atoms. The fourth-order valence-electron chi connectivity index (χ4n) is 3.39. The molecule has 0 N–H and O–H groups in total. The third-order valence-electron chi connectivity index (χ3n) is 4.99. The van der Waals surface area contributed by atoms with E-state index < -0.39 is 0 Å². The number of hydrogen-bond donors (Lipinski definition) is 0. The van der Waals surface area contributed by atoms with Crippen LogP contribution in [0.1, 0.15) is 13.8 Å². The van der Waals surface area contributed by atoms with Crippen molar-refractivity contribution < 1.29 is 32.8 Å². The van der Waals surface area contributed by atoms with Gasteiger partial charge in [0.25, 0.3) is 0 Å². The summed E-state index contributed by atoms with van der Waals surface area (Å²) in [7, 11) is 7.49. The predicted octanol–water partition coefficient (Wildman–Crippen LogP) is 4.85. The first-order valence-electron chi connectivity index (χ1n) is 10.2. The van der Waals surface area contributed by atoms with Crippen LogP contribution in [0.5, 0.6) is 34.5 Å². The van der Waals surface area contributed by atoms with Crippen LogP contribution < -0.4 is 33.8 Å². The molecule has 0 aliphatic rings. The van der Waals surface area contributed by atoms with Gasteiger partial charge in [-0.15, -0.1) is 0 Å². The fourth-order valence-corrected chi connectivity index (χ4v) is 3.39. The van der Waals surface area contributed by atoms with E-state index >= 15 is 0 Å². The summed E-state index contributed by atoms with van der Waals surface area (Å²) in [6.07, 6.45) is 1.95. The highest BCUT2D eigenvalue weighted by atomic mass is 16.5. The molecule has 0 bridgehead atoms. The van der Waals surface area contributed by atoms with Crippen molar-refractivity contribution in [3.8, 4) is 45.8 Å². The number of allylic oxidation sites excluding steroid dienone is 1. The topological polar surface area (TPSA) is 85.6 Å². The Labute approximate surface area is 192 Å². The van der Waals surface area contributed by atoms with Crippen molar-refractivity contribution in [2.75, 3.05) is 42.2 Å². The molecule has 0 amide bonds. The minimum absolute atomic E-state index is 0.241. The minimum Gasteiger partial charge on any atom is -0.493 e. The Bertz CT molecular complexity index is 1210. The van der Waals surface area contributed by atoms with Crippen LogP contribution in [0.25, 0.3) is 22.3 Å². The van der Waals surface area contributed by atoms with Crippen molar-refractivity contribution in [3.63, 3.8) is 0 Å². The molecule has 0 atom stereocenters. The summed E-state index contributed by atoms with van der Waals surface area (Å²) in [6.45, 7) is 4.34. The number of fused-ring (bicyclic) bond motifs is 1. The Morgan fingerprint density at radius 3 is 1.88 bits per heavy atom. The van der Waals surface area contributed by atoms with Crippen LogP contribution in [0.2, 0.25) is 0 Å². The average molecular weight is 456 g/mol. The lowest BCUT2D eigenvalue weighted by Crippen LogP contribution is -2.05. The largest absolute Gasteiger partial charge is 0.493 e. The molecule has 8 nitrogen and oxygen atoms in total. The van der Waals surface area contributed by atoms with Gasteiger partial charge in [0, 0.05) is 17.7 Å². The molecule has 33 heavy (non-hydrogen) atoms. The maximum Gasteiger partial charge on any atom is 0.204 e. The number of benzene rings is 2. The number of rotatable bonds is 9. The van der Waals surface area contributed by atoms with Crippen molar-refractivity contribution >= 4 is 11.0 Å². The van der Waals surface area contributed by atoms with Crippen LogP contribution in [-0.2, 0) is 0 Å². The lowest BCUT2D eigenvalue weighted by molar-refractivity contribution is 0.300. The highest BCUT2D eigenvalue weighted by molar-refractivity contribution is 5.90. The van der Waals surface area contributed by atoms with Crippen molar-refractivity contribution in [2.45, 2.75) is 13.8 Å². The number of ether oxygens (including phenoxy) is 6. The molecule has 0 fully saturated rings. The zero-order valence-electron chi connectivity index (χ0n) is 19.9. The quantitative estimate of drug-likeness (QED) is 0.423. The molecule has 1 heterocycles. The van der Waals surface area contributed by atoms with Crippen molar-refractivity contribution in [3.05, 3.63) is 46.1 Å². The second-order valence-electron chi connectivity index (χ2n) is 7.30. The van der Waals surface area contributed by atoms with Gasteiger partial charge in [-0.05, 0) is 32.1 Å². The van der Waals surface area contributed by atoms with Gasteiger partial charge in [-0.3, -0.25) is 4.79 Å². The van der Waals surface area contributed by atoms with E-state index in [0.717, 1.165) is 5.57 Å². The highest BCUT2D eigenvalue weighted by Gasteiger charge is 2.22. The molecule has 2 aromatic carbocycles. The molecule has 0 saturated carbocycles. The third kappa shape index (κ3) is 4.69. The SMILES string of the molecule is COc1cc(-c2cc(=O)c3c(OC)c(OC)c(OC)cc3o2)cc(OC)c1OCC=C(C)C. The molecular weight excluding hydrogens is 428 g/mol. The minimum atomic E-state index is -0.300. The second-order valence-corrected chi connectivity index (χ2v) is 7.30. The van der Waals surface area contributed by atoms with Crippen LogP contribution >= 0.6 is 0 Å². The summed E-state index contributed by atoms with van der Waals surface area (Å²) < 4.78 is 39.2. The van der Waals surface area contributed by atoms with Gasteiger partial charge >= 0.3 is 0 Å². The van der Waals surface area contributed by atoms with Crippen LogP contribution in [0.3, 0.4) is 0 Å². The second kappa shape index (κ2) is 10.2. The van der Waals surface area contributed by atoms with Crippen LogP contribution in [-0.4, -0.2) is 42.2 Å². The summed E-state index contributed by atoms with van der Waals surface area (Å²) in [6, 6.07) is 6.42. The van der Waals surface area contributed by atoms with Gasteiger partial charge in [0.2, 0.25) is 11.5 Å². The molecule has 0 aliphatic heterocycles. The third-order valence-corrected chi connectivity index (χ3v) is 4.99.